The van der Waals surface area contributed by atoms with Crippen LogP contribution >= 0.6 is 22.9 Å². The highest BCUT2D eigenvalue weighted by atomic mass is 35.5. The van der Waals surface area contributed by atoms with Crippen molar-refractivity contribution in [3.05, 3.63) is 93.9 Å². The van der Waals surface area contributed by atoms with E-state index in [-0.39, 0.29) is 5.28 Å². The molecule has 0 aliphatic carbocycles. The summed E-state index contributed by atoms with van der Waals surface area (Å²) in [5.74, 6) is -1.44. The lowest BCUT2D eigenvalue weighted by atomic mass is 9.93. The van der Waals surface area contributed by atoms with Crippen LogP contribution in [0.1, 0.15) is 16.4 Å². The Morgan fingerprint density at radius 3 is 2.78 bits per heavy atom. The predicted octanol–water partition coefficient (Wildman–Crippen LogP) is 4.93. The number of hydrogen-bond donors (Lipinski definition) is 1. The number of fused-ring (bicyclic) bond motifs is 1. The predicted molar refractivity (Wildman–Crippen MR) is 122 cm³/mol. The Labute approximate surface area is 191 Å². The van der Waals surface area contributed by atoms with Gasteiger partial charge in [-0.25, -0.2) is 18.9 Å². The largest absolute Gasteiger partial charge is 0.369 e. The van der Waals surface area contributed by atoms with E-state index in [0.29, 0.717) is 22.5 Å². The van der Waals surface area contributed by atoms with Crippen LogP contribution in [0.15, 0.2) is 72.4 Å². The van der Waals surface area contributed by atoms with Gasteiger partial charge in [0.15, 0.2) is 0 Å². The lowest BCUT2D eigenvalue weighted by molar-refractivity contribution is -0.118. The number of pyridine rings is 1. The fraction of sp³-hybridized carbons (Fsp3) is 0.0435. The van der Waals surface area contributed by atoms with Crippen molar-refractivity contribution in [3.8, 4) is 22.5 Å². The van der Waals surface area contributed by atoms with Crippen LogP contribution in [0.2, 0.25) is 5.28 Å². The molecule has 0 saturated carbocycles. The molecule has 1 atom stereocenters. The van der Waals surface area contributed by atoms with Crippen LogP contribution in [0.5, 0.6) is 0 Å². The van der Waals surface area contributed by atoms with Gasteiger partial charge in [0, 0.05) is 16.6 Å². The molecule has 0 fully saturated rings. The van der Waals surface area contributed by atoms with Gasteiger partial charge in [-0.15, -0.1) is 11.3 Å². The second-order valence-electron chi connectivity index (χ2n) is 7.09. The summed E-state index contributed by atoms with van der Waals surface area (Å²) >= 11 is 7.50. The van der Waals surface area contributed by atoms with E-state index in [4.69, 9.17) is 17.3 Å². The molecule has 0 bridgehead atoms. The number of rotatable bonds is 5. The van der Waals surface area contributed by atoms with E-state index in [1.807, 2.05) is 41.8 Å². The molecule has 1 amide bonds. The van der Waals surface area contributed by atoms with Crippen LogP contribution in [-0.4, -0.2) is 25.5 Å². The maximum atomic E-state index is 13.9. The number of nitrogens with two attached hydrogens (primary N) is 1. The molecule has 0 aliphatic heterocycles. The van der Waals surface area contributed by atoms with Gasteiger partial charge in [0.2, 0.25) is 11.2 Å². The Balaban J connectivity index is 1.73. The molecule has 6 nitrogen and oxygen atoms in total. The first-order chi connectivity index (χ1) is 15.5. The van der Waals surface area contributed by atoms with Crippen LogP contribution in [0.25, 0.3) is 28.0 Å². The third-order valence-electron chi connectivity index (χ3n) is 5.08. The summed E-state index contributed by atoms with van der Waals surface area (Å²) < 4.78 is 15.4. The molecular weight excluding hydrogens is 449 g/mol. The number of thiophene rings is 1. The minimum Gasteiger partial charge on any atom is -0.369 e. The second-order valence-corrected chi connectivity index (χ2v) is 8.41. The van der Waals surface area contributed by atoms with Crippen molar-refractivity contribution in [1.82, 2.24) is 19.6 Å². The van der Waals surface area contributed by atoms with E-state index in [2.05, 4.69) is 15.1 Å². The summed E-state index contributed by atoms with van der Waals surface area (Å²) in [7, 11) is 0. The van der Waals surface area contributed by atoms with E-state index in [9.17, 15) is 9.18 Å². The molecule has 5 rings (SSSR count). The monoisotopic (exact) mass is 463 g/mol. The van der Waals surface area contributed by atoms with Gasteiger partial charge in [-0.3, -0.25) is 4.79 Å². The van der Waals surface area contributed by atoms with E-state index in [1.165, 1.54) is 28.1 Å². The Bertz CT molecular complexity index is 1450. The van der Waals surface area contributed by atoms with Crippen LogP contribution < -0.4 is 5.73 Å². The normalized spacial score (nSPS) is 12.2. The number of benzene rings is 1. The van der Waals surface area contributed by atoms with Crippen molar-refractivity contribution in [1.29, 1.82) is 0 Å². The average Bonchev–Trinajstić information content (AvgIpc) is 3.41. The molecule has 0 aliphatic rings. The summed E-state index contributed by atoms with van der Waals surface area (Å²) in [6.45, 7) is 0. The van der Waals surface area contributed by atoms with Gasteiger partial charge in [0.1, 0.15) is 11.5 Å². The van der Waals surface area contributed by atoms with Gasteiger partial charge >= 0.3 is 0 Å². The molecule has 4 aromatic heterocycles. The fourth-order valence-corrected chi connectivity index (χ4v) is 4.75. The Morgan fingerprint density at radius 1 is 1.16 bits per heavy atom. The van der Waals surface area contributed by atoms with Crippen LogP contribution in [0.4, 0.5) is 4.39 Å². The molecule has 9 heteroatoms. The fourth-order valence-electron chi connectivity index (χ4n) is 3.74. The number of halogens is 2. The first kappa shape index (κ1) is 20.3. The van der Waals surface area contributed by atoms with Crippen molar-refractivity contribution in [2.24, 2.45) is 5.73 Å². The Morgan fingerprint density at radius 2 is 2.03 bits per heavy atom. The molecular formula is C23H15ClFN5OS. The smallest absolute Gasteiger partial charge is 0.230 e. The van der Waals surface area contributed by atoms with Gasteiger partial charge < -0.3 is 5.73 Å². The minimum absolute atomic E-state index is 0.0927. The summed E-state index contributed by atoms with van der Waals surface area (Å²) in [5.41, 5.74) is 9.68. The summed E-state index contributed by atoms with van der Waals surface area (Å²) in [6, 6.07) is 15.9. The van der Waals surface area contributed by atoms with Crippen LogP contribution in [0.3, 0.4) is 0 Å². The van der Waals surface area contributed by atoms with E-state index < -0.39 is 17.6 Å². The standard InChI is InChI=1S/C23H15ClFN5OS/c24-23-27-9-8-16(28-23)20-17-7-6-15(25)12-30(17)29-21(20)14-4-1-3-13(11-14)19(22(26)31)18-5-2-10-32-18/h1-12,19H,(H2,26,31). The van der Waals surface area contributed by atoms with Gasteiger partial charge in [-0.1, -0.05) is 24.3 Å². The maximum absolute atomic E-state index is 13.9. The van der Waals surface area contributed by atoms with E-state index >= 15 is 0 Å². The average molecular weight is 464 g/mol. The maximum Gasteiger partial charge on any atom is 0.230 e. The highest BCUT2D eigenvalue weighted by Crippen LogP contribution is 2.37. The Hall–Kier alpha value is -3.62. The zero-order chi connectivity index (χ0) is 22.2. The second kappa shape index (κ2) is 8.14. The third kappa shape index (κ3) is 3.63. The lowest BCUT2D eigenvalue weighted by Crippen LogP contribution is -2.21. The SMILES string of the molecule is NC(=O)C(c1cccc(-c2nn3cc(F)ccc3c2-c2ccnc(Cl)n2)c1)c1cccs1. The molecule has 0 radical (unpaired) electrons. The number of carbonyl (C=O) groups is 1. The van der Waals surface area contributed by atoms with Crippen molar-refractivity contribution in [3.63, 3.8) is 0 Å². The molecule has 1 unspecified atom stereocenters. The molecule has 158 valence electrons. The van der Waals surface area contributed by atoms with Gasteiger partial charge in [-0.05, 0) is 52.9 Å². The van der Waals surface area contributed by atoms with E-state index in [0.717, 1.165) is 16.0 Å². The number of aromatic nitrogens is 4. The van der Waals surface area contributed by atoms with Crippen molar-refractivity contribution in [2.45, 2.75) is 5.92 Å². The molecule has 0 saturated heterocycles. The first-order valence-corrected chi connectivity index (χ1v) is 10.9. The molecule has 5 aromatic rings. The van der Waals surface area contributed by atoms with Crippen LogP contribution in [0, 0.1) is 5.82 Å². The quantitative estimate of drug-likeness (QED) is 0.374. The van der Waals surface area contributed by atoms with Crippen molar-refractivity contribution >= 4 is 34.4 Å². The van der Waals surface area contributed by atoms with Crippen molar-refractivity contribution in [2.75, 3.05) is 0 Å². The van der Waals surface area contributed by atoms with Gasteiger partial charge in [0.05, 0.1) is 28.9 Å². The number of amides is 1. The number of hydrogen-bond acceptors (Lipinski definition) is 5. The minimum atomic E-state index is -0.582. The summed E-state index contributed by atoms with van der Waals surface area (Å²) in [4.78, 5) is 21.4. The number of nitrogens with zero attached hydrogens (tertiary/aromatic N) is 4. The summed E-state index contributed by atoms with van der Waals surface area (Å²) in [6.07, 6.45) is 2.85. The van der Waals surface area contributed by atoms with E-state index in [1.54, 1.807) is 18.3 Å². The van der Waals surface area contributed by atoms with Gasteiger partial charge in [0.25, 0.3) is 0 Å². The van der Waals surface area contributed by atoms with Crippen molar-refractivity contribution < 1.29 is 9.18 Å². The Kier molecular flexibility index (Phi) is 5.16. The van der Waals surface area contributed by atoms with Gasteiger partial charge in [-0.2, -0.15) is 5.10 Å². The molecule has 2 N–H and O–H groups in total. The lowest BCUT2D eigenvalue weighted by Gasteiger charge is -2.13. The zero-order valence-corrected chi connectivity index (χ0v) is 18.0. The van der Waals surface area contributed by atoms with Crippen LogP contribution in [-0.2, 0) is 4.79 Å². The topological polar surface area (TPSA) is 86.2 Å². The molecule has 1 aromatic carbocycles. The highest BCUT2D eigenvalue weighted by molar-refractivity contribution is 7.10. The summed E-state index contributed by atoms with van der Waals surface area (Å²) in [5, 5.41) is 6.62. The third-order valence-corrected chi connectivity index (χ3v) is 6.20. The molecule has 0 spiro atoms. The number of primary amides is 1. The highest BCUT2D eigenvalue weighted by Gasteiger charge is 2.23. The zero-order valence-electron chi connectivity index (χ0n) is 16.4. The molecule has 4 heterocycles. The molecule has 32 heavy (non-hydrogen) atoms. The number of carbonyl (C=O) groups excluding carboxylic acids is 1. The first-order valence-electron chi connectivity index (χ1n) is 9.61.